The molecule has 2 amide bonds. The molecule has 0 unspecified atom stereocenters. The topological polar surface area (TPSA) is 101 Å². The summed E-state index contributed by atoms with van der Waals surface area (Å²) in [6.07, 6.45) is 2.30. The fourth-order valence-electron chi connectivity index (χ4n) is 4.40. The number of halogens is 2. The Bertz CT molecular complexity index is 1150. The standard InChI is InChI=1S/C22H23F2N3O5/c1-11-3-6-17(32-2)16-10-26(11)22(31)18-20(29)19(28)14(9-27(16)18)21(30)25-8-12-4-5-13(23)7-15(12)24/h4-5,7,9,11,16-17,29H,3,6,8,10H2,1-2H3,(H,25,30)/t11-,16-,17+/m1/s1. The molecule has 0 spiro atoms. The predicted octanol–water partition coefficient (Wildman–Crippen LogP) is 1.96. The van der Waals surface area contributed by atoms with Gasteiger partial charge in [-0.1, -0.05) is 6.07 Å². The number of methoxy groups -OCH3 is 1. The minimum atomic E-state index is -0.997. The van der Waals surface area contributed by atoms with Gasteiger partial charge in [0.1, 0.15) is 17.2 Å². The quantitative estimate of drug-likeness (QED) is 0.746. The molecule has 1 aromatic heterocycles. The van der Waals surface area contributed by atoms with E-state index >= 15 is 0 Å². The molecule has 0 saturated carbocycles. The van der Waals surface area contributed by atoms with Crippen LogP contribution in [-0.4, -0.2) is 52.2 Å². The second-order valence-corrected chi connectivity index (χ2v) is 8.12. The molecule has 2 bridgehead atoms. The first kappa shape index (κ1) is 21.9. The molecule has 2 aliphatic heterocycles. The average molecular weight is 447 g/mol. The number of nitrogens with zero attached hydrogens (tertiary/aromatic N) is 2. The molecule has 32 heavy (non-hydrogen) atoms. The smallest absolute Gasteiger partial charge is 0.274 e. The van der Waals surface area contributed by atoms with Crippen molar-refractivity contribution in [3.8, 4) is 5.75 Å². The van der Waals surface area contributed by atoms with Gasteiger partial charge in [-0.2, -0.15) is 0 Å². The van der Waals surface area contributed by atoms with E-state index in [-0.39, 0.29) is 35.5 Å². The van der Waals surface area contributed by atoms with Gasteiger partial charge in [0.05, 0.1) is 12.1 Å². The van der Waals surface area contributed by atoms with Gasteiger partial charge in [-0.05, 0) is 25.8 Å². The lowest BCUT2D eigenvalue weighted by Crippen LogP contribution is -2.49. The third kappa shape index (κ3) is 3.64. The highest BCUT2D eigenvalue weighted by Gasteiger charge is 2.42. The fourth-order valence-corrected chi connectivity index (χ4v) is 4.40. The number of hydrogen-bond acceptors (Lipinski definition) is 5. The summed E-state index contributed by atoms with van der Waals surface area (Å²) >= 11 is 0. The number of carbonyl (C=O) groups excluding carboxylic acids is 2. The molecule has 10 heteroatoms. The first-order valence-electron chi connectivity index (χ1n) is 10.3. The molecular weight excluding hydrogens is 424 g/mol. The lowest BCUT2D eigenvalue weighted by Gasteiger charge is -2.38. The van der Waals surface area contributed by atoms with E-state index in [0.717, 1.165) is 6.07 Å². The SMILES string of the molecule is CO[C@H]1CC[C@@H](C)N2C[C@H]1n1cc(C(=O)NCc3ccc(F)cc3F)c(=O)c(O)c1C2=O. The van der Waals surface area contributed by atoms with Gasteiger partial charge in [0.15, 0.2) is 11.4 Å². The van der Waals surface area contributed by atoms with Gasteiger partial charge in [-0.3, -0.25) is 14.4 Å². The van der Waals surface area contributed by atoms with Crippen LogP contribution >= 0.6 is 0 Å². The van der Waals surface area contributed by atoms with Gasteiger partial charge in [0.25, 0.3) is 11.8 Å². The predicted molar refractivity (Wildman–Crippen MR) is 109 cm³/mol. The molecule has 170 valence electrons. The van der Waals surface area contributed by atoms with Crippen LogP contribution in [-0.2, 0) is 11.3 Å². The molecule has 4 rings (SSSR count). The number of pyridine rings is 1. The second kappa shape index (κ2) is 8.34. The van der Waals surface area contributed by atoms with Crippen molar-refractivity contribution in [2.45, 2.75) is 44.5 Å². The fraction of sp³-hybridized carbons (Fsp3) is 0.409. The number of aromatic hydroxyl groups is 1. The van der Waals surface area contributed by atoms with Gasteiger partial charge < -0.3 is 24.6 Å². The maximum atomic E-state index is 13.9. The van der Waals surface area contributed by atoms with Crippen molar-refractivity contribution in [3.63, 3.8) is 0 Å². The molecule has 1 saturated heterocycles. The molecule has 3 heterocycles. The lowest BCUT2D eigenvalue weighted by atomic mass is 10.0. The monoisotopic (exact) mass is 447 g/mol. The van der Waals surface area contributed by atoms with Crippen molar-refractivity contribution in [1.82, 2.24) is 14.8 Å². The summed E-state index contributed by atoms with van der Waals surface area (Å²) in [5.41, 5.74) is -1.53. The first-order valence-corrected chi connectivity index (χ1v) is 10.3. The van der Waals surface area contributed by atoms with Crippen LogP contribution in [0.3, 0.4) is 0 Å². The third-order valence-electron chi connectivity index (χ3n) is 6.25. The Morgan fingerprint density at radius 2 is 2.03 bits per heavy atom. The Balaban J connectivity index is 1.71. The zero-order chi connectivity index (χ0) is 23.2. The van der Waals surface area contributed by atoms with Crippen molar-refractivity contribution < 1.29 is 28.2 Å². The number of carbonyl (C=O) groups is 2. The molecular formula is C22H23F2N3O5. The Hall–Kier alpha value is -3.27. The number of amides is 2. The van der Waals surface area contributed by atoms with E-state index < -0.39 is 40.7 Å². The Morgan fingerprint density at radius 3 is 2.72 bits per heavy atom. The van der Waals surface area contributed by atoms with Crippen LogP contribution in [0.25, 0.3) is 0 Å². The molecule has 2 N–H and O–H groups in total. The zero-order valence-corrected chi connectivity index (χ0v) is 17.6. The molecule has 2 aliphatic rings. The van der Waals surface area contributed by atoms with E-state index in [1.165, 1.54) is 16.8 Å². The van der Waals surface area contributed by atoms with Gasteiger partial charge in [-0.25, -0.2) is 8.78 Å². The molecule has 8 nitrogen and oxygen atoms in total. The second-order valence-electron chi connectivity index (χ2n) is 8.12. The zero-order valence-electron chi connectivity index (χ0n) is 17.6. The Morgan fingerprint density at radius 1 is 1.28 bits per heavy atom. The average Bonchev–Trinajstić information content (AvgIpc) is 2.90. The van der Waals surface area contributed by atoms with E-state index in [1.54, 1.807) is 12.0 Å². The minimum absolute atomic E-state index is 0.0325. The van der Waals surface area contributed by atoms with Gasteiger partial charge in [-0.15, -0.1) is 0 Å². The highest BCUT2D eigenvalue weighted by Crippen LogP contribution is 2.35. The molecule has 3 atom stereocenters. The van der Waals surface area contributed by atoms with Gasteiger partial charge in [0.2, 0.25) is 5.43 Å². The van der Waals surface area contributed by atoms with E-state index in [1.807, 2.05) is 6.92 Å². The van der Waals surface area contributed by atoms with Crippen LogP contribution in [0.1, 0.15) is 52.2 Å². The number of aromatic nitrogens is 1. The summed E-state index contributed by atoms with van der Waals surface area (Å²) in [6.45, 7) is 1.92. The Kier molecular flexibility index (Phi) is 5.72. The molecule has 1 fully saturated rings. The summed E-state index contributed by atoms with van der Waals surface area (Å²) in [4.78, 5) is 40.1. The number of ether oxygens (including phenoxy) is 1. The summed E-state index contributed by atoms with van der Waals surface area (Å²) in [5.74, 6) is -3.74. The van der Waals surface area contributed by atoms with Crippen molar-refractivity contribution >= 4 is 11.8 Å². The van der Waals surface area contributed by atoms with Gasteiger partial charge >= 0.3 is 0 Å². The first-order chi connectivity index (χ1) is 15.2. The van der Waals surface area contributed by atoms with Crippen LogP contribution in [0.15, 0.2) is 29.2 Å². The largest absolute Gasteiger partial charge is 0.503 e. The van der Waals surface area contributed by atoms with E-state index in [9.17, 15) is 28.3 Å². The van der Waals surface area contributed by atoms with Crippen LogP contribution < -0.4 is 10.7 Å². The molecule has 2 aromatic rings. The van der Waals surface area contributed by atoms with Crippen LogP contribution in [0.5, 0.6) is 5.75 Å². The third-order valence-corrected chi connectivity index (χ3v) is 6.25. The van der Waals surface area contributed by atoms with Crippen molar-refractivity contribution in [2.75, 3.05) is 13.7 Å². The van der Waals surface area contributed by atoms with Crippen LogP contribution in [0, 0.1) is 11.6 Å². The van der Waals surface area contributed by atoms with E-state index in [2.05, 4.69) is 5.32 Å². The molecule has 0 aliphatic carbocycles. The highest BCUT2D eigenvalue weighted by atomic mass is 19.1. The van der Waals surface area contributed by atoms with Crippen LogP contribution in [0.4, 0.5) is 8.78 Å². The highest BCUT2D eigenvalue weighted by molar-refractivity contribution is 5.99. The van der Waals surface area contributed by atoms with Crippen LogP contribution in [0.2, 0.25) is 0 Å². The maximum Gasteiger partial charge on any atom is 0.274 e. The summed E-state index contributed by atoms with van der Waals surface area (Å²) in [6, 6.07) is 2.44. The summed E-state index contributed by atoms with van der Waals surface area (Å²) in [7, 11) is 1.55. The molecule has 1 aromatic carbocycles. The lowest BCUT2D eigenvalue weighted by molar-refractivity contribution is 0.0330. The number of hydrogen-bond donors (Lipinski definition) is 2. The summed E-state index contributed by atoms with van der Waals surface area (Å²) in [5, 5.41) is 13.0. The van der Waals surface area contributed by atoms with Gasteiger partial charge in [0, 0.05) is 44.1 Å². The minimum Gasteiger partial charge on any atom is -0.503 e. The summed E-state index contributed by atoms with van der Waals surface area (Å²) < 4.78 is 34.0. The van der Waals surface area contributed by atoms with E-state index in [4.69, 9.17) is 4.74 Å². The van der Waals surface area contributed by atoms with Crippen molar-refractivity contribution in [1.29, 1.82) is 0 Å². The van der Waals surface area contributed by atoms with Crippen molar-refractivity contribution in [3.05, 3.63) is 63.1 Å². The number of benzene rings is 1. The Labute approximate surface area is 182 Å². The maximum absolute atomic E-state index is 13.9. The van der Waals surface area contributed by atoms with E-state index in [0.29, 0.717) is 25.5 Å². The number of rotatable bonds is 4. The number of nitrogens with one attached hydrogen (secondary N) is 1. The molecule has 0 radical (unpaired) electrons. The van der Waals surface area contributed by atoms with Crippen molar-refractivity contribution in [2.24, 2.45) is 0 Å². The number of fused-ring (bicyclic) bond motifs is 4. The normalized spacial score (nSPS) is 22.3.